The summed E-state index contributed by atoms with van der Waals surface area (Å²) < 4.78 is 0. The number of halogens is 1. The first-order valence-corrected chi connectivity index (χ1v) is 11.1. The molecule has 0 saturated carbocycles. The predicted octanol–water partition coefficient (Wildman–Crippen LogP) is 4.35. The van der Waals surface area contributed by atoms with E-state index in [9.17, 15) is 9.59 Å². The van der Waals surface area contributed by atoms with E-state index in [0.29, 0.717) is 13.0 Å². The van der Waals surface area contributed by atoms with Crippen molar-refractivity contribution in [2.75, 3.05) is 11.9 Å². The van der Waals surface area contributed by atoms with Crippen LogP contribution in [0.25, 0.3) is 11.1 Å². The number of carbonyl (C=O) groups is 2. The van der Waals surface area contributed by atoms with Crippen LogP contribution >= 0.6 is 12.4 Å². The number of rotatable bonds is 6. The quantitative estimate of drug-likeness (QED) is 0.571. The summed E-state index contributed by atoms with van der Waals surface area (Å²) in [6.45, 7) is 2.24. The summed E-state index contributed by atoms with van der Waals surface area (Å²) in [4.78, 5) is 27.9. The minimum Gasteiger partial charge on any atom is -0.343 e. The standard InChI is InChI=1S/C27H29N3O2.ClH/c1-19(28-2)26(31)29-24-16-15-22-12-6-7-14-25(22)30(27(24)32)18-20-9-8-13-23(17-20)21-10-4-3-5-11-21;/h3-14,17,19,24,28H,15-16,18H2,1-2H3,(H,29,31);1H/t19?,24-;/m0./s1. The first-order chi connectivity index (χ1) is 15.6. The van der Waals surface area contributed by atoms with E-state index in [-0.39, 0.29) is 30.3 Å². The van der Waals surface area contributed by atoms with Gasteiger partial charge in [-0.3, -0.25) is 9.59 Å². The van der Waals surface area contributed by atoms with Crippen LogP contribution in [0.2, 0.25) is 0 Å². The lowest BCUT2D eigenvalue weighted by molar-refractivity contribution is -0.128. The highest BCUT2D eigenvalue weighted by molar-refractivity contribution is 6.00. The maximum Gasteiger partial charge on any atom is 0.249 e. The van der Waals surface area contributed by atoms with Gasteiger partial charge in [0.25, 0.3) is 0 Å². The first kappa shape index (κ1) is 24.5. The average molecular weight is 464 g/mol. The summed E-state index contributed by atoms with van der Waals surface area (Å²) in [5, 5.41) is 5.89. The van der Waals surface area contributed by atoms with E-state index in [2.05, 4.69) is 41.0 Å². The fourth-order valence-corrected chi connectivity index (χ4v) is 4.10. The molecule has 1 heterocycles. The van der Waals surface area contributed by atoms with E-state index >= 15 is 0 Å². The van der Waals surface area contributed by atoms with Crippen molar-refractivity contribution in [2.24, 2.45) is 0 Å². The molecule has 0 spiro atoms. The molecule has 172 valence electrons. The molecule has 2 N–H and O–H groups in total. The lowest BCUT2D eigenvalue weighted by atomic mass is 10.0. The largest absolute Gasteiger partial charge is 0.343 e. The molecule has 2 amide bonds. The second-order valence-corrected chi connectivity index (χ2v) is 8.23. The Bertz CT molecular complexity index is 1100. The van der Waals surface area contributed by atoms with Gasteiger partial charge in [0.15, 0.2) is 0 Å². The number of likely N-dealkylation sites (N-methyl/N-ethyl adjacent to an activating group) is 1. The molecule has 5 nitrogen and oxygen atoms in total. The Morgan fingerprint density at radius 1 is 1.00 bits per heavy atom. The highest BCUT2D eigenvalue weighted by atomic mass is 35.5. The summed E-state index contributed by atoms with van der Waals surface area (Å²) >= 11 is 0. The Hall–Kier alpha value is -3.15. The molecule has 0 bridgehead atoms. The molecular weight excluding hydrogens is 434 g/mol. The third-order valence-electron chi connectivity index (χ3n) is 6.07. The van der Waals surface area contributed by atoms with E-state index in [1.165, 1.54) is 0 Å². The maximum atomic E-state index is 13.6. The van der Waals surface area contributed by atoms with E-state index in [1.807, 2.05) is 53.4 Å². The fraction of sp³-hybridized carbons (Fsp3) is 0.259. The van der Waals surface area contributed by atoms with Gasteiger partial charge in [-0.2, -0.15) is 0 Å². The molecular formula is C27H30ClN3O2. The van der Waals surface area contributed by atoms with Gasteiger partial charge >= 0.3 is 0 Å². The van der Waals surface area contributed by atoms with Gasteiger partial charge in [-0.15, -0.1) is 12.4 Å². The molecule has 1 aliphatic rings. The van der Waals surface area contributed by atoms with Crippen molar-refractivity contribution in [1.82, 2.24) is 10.6 Å². The number of carbonyl (C=O) groups excluding carboxylic acids is 2. The number of hydrogen-bond acceptors (Lipinski definition) is 3. The number of anilines is 1. The molecule has 0 saturated heterocycles. The molecule has 3 aromatic rings. The zero-order chi connectivity index (χ0) is 22.5. The maximum absolute atomic E-state index is 13.6. The number of para-hydroxylation sites is 1. The topological polar surface area (TPSA) is 61.4 Å². The molecule has 6 heteroatoms. The number of aryl methyl sites for hydroxylation is 1. The van der Waals surface area contributed by atoms with Gasteiger partial charge in [0.1, 0.15) is 6.04 Å². The Balaban J connectivity index is 0.00000306. The lowest BCUT2D eigenvalue weighted by Crippen LogP contribution is -2.52. The van der Waals surface area contributed by atoms with E-state index in [0.717, 1.165) is 34.4 Å². The van der Waals surface area contributed by atoms with Gasteiger partial charge in [0.05, 0.1) is 12.6 Å². The third-order valence-corrected chi connectivity index (χ3v) is 6.07. The minimum absolute atomic E-state index is 0. The highest BCUT2D eigenvalue weighted by Gasteiger charge is 2.32. The van der Waals surface area contributed by atoms with Crippen LogP contribution < -0.4 is 15.5 Å². The van der Waals surface area contributed by atoms with E-state index < -0.39 is 6.04 Å². The van der Waals surface area contributed by atoms with Crippen LogP contribution in [-0.2, 0) is 22.6 Å². The number of nitrogens with one attached hydrogen (secondary N) is 2. The van der Waals surface area contributed by atoms with Crippen LogP contribution in [0.1, 0.15) is 24.5 Å². The zero-order valence-electron chi connectivity index (χ0n) is 19.0. The normalized spacial score (nSPS) is 16.2. The van der Waals surface area contributed by atoms with Gasteiger partial charge in [0.2, 0.25) is 11.8 Å². The predicted molar refractivity (Wildman–Crippen MR) is 136 cm³/mol. The van der Waals surface area contributed by atoms with Crippen molar-refractivity contribution in [3.05, 3.63) is 90.0 Å². The third kappa shape index (κ3) is 5.62. The van der Waals surface area contributed by atoms with Crippen LogP contribution in [-0.4, -0.2) is 30.9 Å². The monoisotopic (exact) mass is 463 g/mol. The van der Waals surface area contributed by atoms with Gasteiger partial charge in [-0.25, -0.2) is 0 Å². The molecule has 1 unspecified atom stereocenters. The molecule has 0 aliphatic carbocycles. The Morgan fingerprint density at radius 3 is 2.45 bits per heavy atom. The van der Waals surface area contributed by atoms with Crippen molar-refractivity contribution in [3.63, 3.8) is 0 Å². The molecule has 0 aromatic heterocycles. The van der Waals surface area contributed by atoms with Gasteiger partial charge < -0.3 is 15.5 Å². The van der Waals surface area contributed by atoms with Gasteiger partial charge in [0, 0.05) is 5.69 Å². The molecule has 2 atom stereocenters. The number of amides is 2. The Morgan fingerprint density at radius 2 is 1.70 bits per heavy atom. The van der Waals surface area contributed by atoms with Crippen molar-refractivity contribution in [1.29, 1.82) is 0 Å². The lowest BCUT2D eigenvalue weighted by Gasteiger charge is -2.27. The number of benzene rings is 3. The van der Waals surface area contributed by atoms with Crippen molar-refractivity contribution in [3.8, 4) is 11.1 Å². The first-order valence-electron chi connectivity index (χ1n) is 11.1. The van der Waals surface area contributed by atoms with Crippen LogP contribution in [0.5, 0.6) is 0 Å². The summed E-state index contributed by atoms with van der Waals surface area (Å²) in [5.41, 5.74) is 5.35. The van der Waals surface area contributed by atoms with Gasteiger partial charge in [-0.05, 0) is 61.2 Å². The Kier molecular flexibility index (Phi) is 8.26. The van der Waals surface area contributed by atoms with Gasteiger partial charge in [-0.1, -0.05) is 66.7 Å². The van der Waals surface area contributed by atoms with Crippen molar-refractivity contribution in [2.45, 2.75) is 38.4 Å². The number of fused-ring (bicyclic) bond motifs is 1. The number of hydrogen-bond donors (Lipinski definition) is 2. The molecule has 4 rings (SSSR count). The number of nitrogens with zero attached hydrogens (tertiary/aromatic N) is 1. The SMILES string of the molecule is CNC(C)C(=O)N[C@H]1CCc2ccccc2N(Cc2cccc(-c3ccccc3)c2)C1=O.Cl. The smallest absolute Gasteiger partial charge is 0.249 e. The van der Waals surface area contributed by atoms with Crippen LogP contribution in [0, 0.1) is 0 Å². The summed E-state index contributed by atoms with van der Waals surface area (Å²) in [7, 11) is 1.74. The molecule has 1 aliphatic heterocycles. The van der Waals surface area contributed by atoms with Crippen molar-refractivity contribution < 1.29 is 9.59 Å². The molecule has 3 aromatic carbocycles. The van der Waals surface area contributed by atoms with E-state index in [4.69, 9.17) is 0 Å². The van der Waals surface area contributed by atoms with E-state index in [1.54, 1.807) is 14.0 Å². The second kappa shape index (κ2) is 11.1. The summed E-state index contributed by atoms with van der Waals surface area (Å²) in [6.07, 6.45) is 1.32. The molecule has 33 heavy (non-hydrogen) atoms. The highest BCUT2D eigenvalue weighted by Crippen LogP contribution is 2.29. The second-order valence-electron chi connectivity index (χ2n) is 8.23. The van der Waals surface area contributed by atoms with Crippen LogP contribution in [0.15, 0.2) is 78.9 Å². The van der Waals surface area contributed by atoms with Crippen molar-refractivity contribution >= 4 is 29.9 Å². The van der Waals surface area contributed by atoms with Crippen LogP contribution in [0.3, 0.4) is 0 Å². The minimum atomic E-state index is -0.553. The summed E-state index contributed by atoms with van der Waals surface area (Å²) in [6, 6.07) is 25.6. The zero-order valence-corrected chi connectivity index (χ0v) is 19.8. The molecule has 0 radical (unpaired) electrons. The fourth-order valence-electron chi connectivity index (χ4n) is 4.10. The van der Waals surface area contributed by atoms with Crippen LogP contribution in [0.4, 0.5) is 5.69 Å². The molecule has 0 fully saturated rings. The summed E-state index contributed by atoms with van der Waals surface area (Å²) in [5.74, 6) is -0.237. The Labute approximate surface area is 201 Å². The average Bonchev–Trinajstić information content (AvgIpc) is 2.96.